The Morgan fingerprint density at radius 1 is 1.35 bits per heavy atom. The number of rotatable bonds is 5. The number of ether oxygens (including phenoxy) is 2. The van der Waals surface area contributed by atoms with Crippen LogP contribution in [0.2, 0.25) is 0 Å². The lowest BCUT2D eigenvalue weighted by molar-refractivity contribution is -0.145. The fourth-order valence-corrected chi connectivity index (χ4v) is 1.21. The molecule has 5 heteroatoms. The van der Waals surface area contributed by atoms with Gasteiger partial charge < -0.3 is 15.2 Å². The predicted octanol–water partition coefficient (Wildman–Crippen LogP) is 2.07. The van der Waals surface area contributed by atoms with Gasteiger partial charge in [-0.15, -0.1) is 12.4 Å². The van der Waals surface area contributed by atoms with Crippen molar-refractivity contribution < 1.29 is 14.3 Å². The van der Waals surface area contributed by atoms with Crippen molar-refractivity contribution in [2.24, 2.45) is 5.73 Å². The van der Waals surface area contributed by atoms with Crippen molar-refractivity contribution in [3.8, 4) is 5.75 Å². The molecule has 17 heavy (non-hydrogen) atoms. The second-order valence-electron chi connectivity index (χ2n) is 3.45. The van der Waals surface area contributed by atoms with Gasteiger partial charge >= 0.3 is 5.97 Å². The molecule has 0 radical (unpaired) electrons. The minimum Gasteiger partial charge on any atom is -0.482 e. The van der Waals surface area contributed by atoms with Crippen LogP contribution >= 0.6 is 12.4 Å². The van der Waals surface area contributed by atoms with Crippen molar-refractivity contribution in [1.29, 1.82) is 0 Å². The molecule has 1 aromatic rings. The van der Waals surface area contributed by atoms with Crippen LogP contribution in [-0.2, 0) is 9.53 Å². The van der Waals surface area contributed by atoms with Crippen molar-refractivity contribution in [3.63, 3.8) is 0 Å². The Morgan fingerprint density at radius 3 is 2.41 bits per heavy atom. The van der Waals surface area contributed by atoms with Gasteiger partial charge in [0.05, 0.1) is 6.61 Å². The molecule has 0 aliphatic heterocycles. The fraction of sp³-hybridized carbons (Fsp3) is 0.417. The maximum Gasteiger partial charge on any atom is 0.344 e. The molecule has 2 N–H and O–H groups in total. The van der Waals surface area contributed by atoms with Crippen LogP contribution in [-0.4, -0.2) is 19.2 Å². The molecule has 0 fully saturated rings. The van der Waals surface area contributed by atoms with E-state index in [4.69, 9.17) is 15.2 Å². The third-order valence-corrected chi connectivity index (χ3v) is 2.07. The fourth-order valence-electron chi connectivity index (χ4n) is 1.21. The summed E-state index contributed by atoms with van der Waals surface area (Å²) in [5.74, 6) is 0.274. The van der Waals surface area contributed by atoms with Crippen LogP contribution in [0.5, 0.6) is 5.75 Å². The molecular formula is C12H18ClNO3. The summed E-state index contributed by atoms with van der Waals surface area (Å²) in [6.07, 6.45) is 0. The van der Waals surface area contributed by atoms with Gasteiger partial charge in [0.2, 0.25) is 0 Å². The maximum atomic E-state index is 11.0. The highest BCUT2D eigenvalue weighted by molar-refractivity contribution is 5.85. The average Bonchev–Trinajstić information content (AvgIpc) is 2.27. The van der Waals surface area contributed by atoms with Gasteiger partial charge in [0, 0.05) is 6.04 Å². The van der Waals surface area contributed by atoms with Crippen LogP contribution in [0, 0.1) is 0 Å². The molecule has 96 valence electrons. The van der Waals surface area contributed by atoms with Gasteiger partial charge in [-0.25, -0.2) is 4.79 Å². The number of hydrogen-bond acceptors (Lipinski definition) is 4. The highest BCUT2D eigenvalue weighted by atomic mass is 35.5. The van der Waals surface area contributed by atoms with E-state index in [1.807, 2.05) is 19.1 Å². The van der Waals surface area contributed by atoms with Gasteiger partial charge in [-0.2, -0.15) is 0 Å². The van der Waals surface area contributed by atoms with E-state index in [2.05, 4.69) is 0 Å². The largest absolute Gasteiger partial charge is 0.482 e. The molecule has 0 aliphatic carbocycles. The smallest absolute Gasteiger partial charge is 0.344 e. The second-order valence-corrected chi connectivity index (χ2v) is 3.45. The second kappa shape index (κ2) is 7.92. The van der Waals surface area contributed by atoms with Crippen LogP contribution in [0.15, 0.2) is 24.3 Å². The first-order valence-corrected chi connectivity index (χ1v) is 5.27. The van der Waals surface area contributed by atoms with Crippen molar-refractivity contribution >= 4 is 18.4 Å². The lowest BCUT2D eigenvalue weighted by Gasteiger charge is -2.08. The maximum absolute atomic E-state index is 11.0. The molecule has 0 bridgehead atoms. The molecule has 0 amide bonds. The Hall–Kier alpha value is -1.26. The number of esters is 1. The lowest BCUT2D eigenvalue weighted by Crippen LogP contribution is -2.14. The van der Waals surface area contributed by atoms with Gasteiger partial charge in [-0.05, 0) is 31.5 Å². The van der Waals surface area contributed by atoms with Gasteiger partial charge in [0.15, 0.2) is 6.61 Å². The molecule has 1 atom stereocenters. The first kappa shape index (κ1) is 15.7. The Kier molecular flexibility index (Phi) is 7.34. The van der Waals surface area contributed by atoms with E-state index in [-0.39, 0.29) is 31.0 Å². The Balaban J connectivity index is 0.00000256. The first-order valence-electron chi connectivity index (χ1n) is 5.27. The number of benzene rings is 1. The highest BCUT2D eigenvalue weighted by Gasteiger charge is 2.03. The third-order valence-electron chi connectivity index (χ3n) is 2.07. The van der Waals surface area contributed by atoms with E-state index in [1.165, 1.54) is 0 Å². The van der Waals surface area contributed by atoms with Crippen LogP contribution < -0.4 is 10.5 Å². The quantitative estimate of drug-likeness (QED) is 0.823. The summed E-state index contributed by atoms with van der Waals surface area (Å²) >= 11 is 0. The standard InChI is InChI=1S/C12H17NO3.ClH/c1-3-15-12(14)8-16-11-6-4-10(5-7-11)9(2)13;/h4-7,9H,3,8,13H2,1-2H3;1H/t9-;/m1./s1. The van der Waals surface area contributed by atoms with Crippen molar-refractivity contribution in [2.75, 3.05) is 13.2 Å². The van der Waals surface area contributed by atoms with Gasteiger partial charge in [0.1, 0.15) is 5.75 Å². The zero-order valence-electron chi connectivity index (χ0n) is 10.0. The summed E-state index contributed by atoms with van der Waals surface area (Å²) in [6, 6.07) is 7.34. The number of carbonyl (C=O) groups is 1. The summed E-state index contributed by atoms with van der Waals surface area (Å²) in [5.41, 5.74) is 6.74. The van der Waals surface area contributed by atoms with Crippen molar-refractivity contribution in [3.05, 3.63) is 29.8 Å². The van der Waals surface area contributed by atoms with Crippen LogP contribution in [0.1, 0.15) is 25.5 Å². The molecule has 0 saturated carbocycles. The molecule has 0 spiro atoms. The van der Waals surface area contributed by atoms with E-state index in [9.17, 15) is 4.79 Å². The molecule has 1 rings (SSSR count). The number of carbonyl (C=O) groups excluding carboxylic acids is 1. The third kappa shape index (κ3) is 5.56. The summed E-state index contributed by atoms with van der Waals surface area (Å²) in [6.45, 7) is 3.97. The zero-order chi connectivity index (χ0) is 12.0. The Labute approximate surface area is 108 Å². The van der Waals surface area contributed by atoms with E-state index in [0.717, 1.165) is 5.56 Å². The van der Waals surface area contributed by atoms with E-state index >= 15 is 0 Å². The summed E-state index contributed by atoms with van der Waals surface area (Å²) in [4.78, 5) is 11.0. The lowest BCUT2D eigenvalue weighted by atomic mass is 10.1. The van der Waals surface area contributed by atoms with Crippen LogP contribution in [0.25, 0.3) is 0 Å². The number of halogens is 1. The highest BCUT2D eigenvalue weighted by Crippen LogP contribution is 2.15. The molecule has 0 aliphatic rings. The molecule has 0 saturated heterocycles. The SMILES string of the molecule is CCOC(=O)COc1ccc([C@@H](C)N)cc1.Cl. The topological polar surface area (TPSA) is 61.5 Å². The van der Waals surface area contributed by atoms with Gasteiger partial charge in [0.25, 0.3) is 0 Å². The number of hydrogen-bond donors (Lipinski definition) is 1. The molecular weight excluding hydrogens is 242 g/mol. The normalized spacial score (nSPS) is 11.2. The van der Waals surface area contributed by atoms with Crippen molar-refractivity contribution in [1.82, 2.24) is 0 Å². The minimum atomic E-state index is -0.362. The average molecular weight is 260 g/mol. The monoisotopic (exact) mass is 259 g/mol. The van der Waals surface area contributed by atoms with Crippen molar-refractivity contribution in [2.45, 2.75) is 19.9 Å². The van der Waals surface area contributed by atoms with E-state index < -0.39 is 0 Å². The molecule has 1 aromatic carbocycles. The van der Waals surface area contributed by atoms with Gasteiger partial charge in [-0.1, -0.05) is 12.1 Å². The predicted molar refractivity (Wildman–Crippen MR) is 68.4 cm³/mol. The zero-order valence-corrected chi connectivity index (χ0v) is 10.8. The Morgan fingerprint density at radius 2 is 1.94 bits per heavy atom. The summed E-state index contributed by atoms with van der Waals surface area (Å²) in [7, 11) is 0. The van der Waals surface area contributed by atoms with Crippen LogP contribution in [0.4, 0.5) is 0 Å². The van der Waals surface area contributed by atoms with Gasteiger partial charge in [-0.3, -0.25) is 0 Å². The van der Waals surface area contributed by atoms with E-state index in [0.29, 0.717) is 12.4 Å². The van der Waals surface area contributed by atoms with Crippen LogP contribution in [0.3, 0.4) is 0 Å². The number of nitrogens with two attached hydrogens (primary N) is 1. The molecule has 0 aromatic heterocycles. The minimum absolute atomic E-state index is 0. The molecule has 4 nitrogen and oxygen atoms in total. The first-order chi connectivity index (χ1) is 7.63. The Bertz CT molecular complexity index is 338. The van der Waals surface area contributed by atoms with E-state index in [1.54, 1.807) is 19.1 Å². The molecule has 0 heterocycles. The summed E-state index contributed by atoms with van der Waals surface area (Å²) in [5, 5.41) is 0. The molecule has 0 unspecified atom stereocenters. The summed E-state index contributed by atoms with van der Waals surface area (Å²) < 4.78 is 9.98.